The monoisotopic (exact) mass is 310 g/mol. The first-order chi connectivity index (χ1) is 8.52. The van der Waals surface area contributed by atoms with Gasteiger partial charge in [0.05, 0.1) is 10.0 Å². The highest BCUT2D eigenvalue weighted by Gasteiger charge is 2.21. The van der Waals surface area contributed by atoms with E-state index < -0.39 is 23.0 Å². The van der Waals surface area contributed by atoms with Crippen LogP contribution in [0.4, 0.5) is 8.78 Å². The fraction of sp³-hybridized carbons (Fsp3) is 0.0714. The van der Waals surface area contributed by atoms with E-state index in [1.165, 1.54) is 6.07 Å². The van der Waals surface area contributed by atoms with Crippen molar-refractivity contribution < 1.29 is 13.6 Å². The zero-order chi connectivity index (χ0) is 13.3. The molecule has 0 aliphatic rings. The molecule has 0 fully saturated rings. The fourth-order valence-corrected chi connectivity index (χ4v) is 2.03. The number of hydrogen-bond acceptors (Lipinski definition) is 1. The molecule has 0 saturated heterocycles. The van der Waals surface area contributed by atoms with E-state index in [-0.39, 0.29) is 4.47 Å². The minimum absolute atomic E-state index is 0.0702. The van der Waals surface area contributed by atoms with Crippen molar-refractivity contribution in [3.63, 3.8) is 0 Å². The molecule has 0 aliphatic carbocycles. The third-order valence-corrected chi connectivity index (χ3v) is 3.27. The van der Waals surface area contributed by atoms with Crippen LogP contribution in [0.1, 0.15) is 21.5 Å². The van der Waals surface area contributed by atoms with Gasteiger partial charge in [0, 0.05) is 5.56 Å². The molecule has 2 rings (SSSR count). The van der Waals surface area contributed by atoms with Crippen LogP contribution in [0, 0.1) is 18.6 Å². The Kier molecular flexibility index (Phi) is 3.57. The van der Waals surface area contributed by atoms with E-state index >= 15 is 0 Å². The number of hydrogen-bond donors (Lipinski definition) is 0. The maximum atomic E-state index is 13.8. The molecule has 0 atom stereocenters. The van der Waals surface area contributed by atoms with Crippen LogP contribution in [-0.4, -0.2) is 5.78 Å². The maximum absolute atomic E-state index is 13.8. The molecule has 2 aromatic carbocycles. The summed E-state index contributed by atoms with van der Waals surface area (Å²) in [6, 6.07) is 9.00. The number of carbonyl (C=O) groups excluding carboxylic acids is 1. The molecular formula is C14H9BrF2O. The zero-order valence-electron chi connectivity index (χ0n) is 9.51. The standard InChI is InChI=1S/C14H9BrF2O/c1-8-4-2-3-5-9(8)14(18)12-11(16)7-6-10(15)13(12)17/h2-7H,1H3. The van der Waals surface area contributed by atoms with Gasteiger partial charge < -0.3 is 0 Å². The van der Waals surface area contributed by atoms with E-state index in [1.807, 2.05) is 0 Å². The Bertz CT molecular complexity index is 623. The lowest BCUT2D eigenvalue weighted by atomic mass is 9.98. The number of halogens is 3. The van der Waals surface area contributed by atoms with Crippen LogP contribution in [-0.2, 0) is 0 Å². The van der Waals surface area contributed by atoms with Crippen molar-refractivity contribution in [3.05, 3.63) is 69.2 Å². The van der Waals surface area contributed by atoms with Crippen molar-refractivity contribution >= 4 is 21.7 Å². The Morgan fingerprint density at radius 1 is 1.11 bits per heavy atom. The lowest BCUT2D eigenvalue weighted by Crippen LogP contribution is -2.09. The van der Waals surface area contributed by atoms with Gasteiger partial charge in [0.15, 0.2) is 11.6 Å². The van der Waals surface area contributed by atoms with E-state index in [4.69, 9.17) is 0 Å². The second-order valence-corrected chi connectivity index (χ2v) is 4.72. The van der Waals surface area contributed by atoms with Gasteiger partial charge in [0.25, 0.3) is 0 Å². The molecule has 1 nitrogen and oxygen atoms in total. The van der Waals surface area contributed by atoms with Gasteiger partial charge in [0.2, 0.25) is 0 Å². The van der Waals surface area contributed by atoms with E-state index in [0.29, 0.717) is 11.1 Å². The quantitative estimate of drug-likeness (QED) is 0.598. The Hall–Kier alpha value is -1.55. The van der Waals surface area contributed by atoms with Gasteiger partial charge in [-0.05, 0) is 40.5 Å². The van der Waals surface area contributed by atoms with Crippen molar-refractivity contribution in [1.29, 1.82) is 0 Å². The van der Waals surface area contributed by atoms with Gasteiger partial charge in [-0.2, -0.15) is 0 Å². The summed E-state index contributed by atoms with van der Waals surface area (Å²) in [5, 5.41) is 0. The van der Waals surface area contributed by atoms with Crippen molar-refractivity contribution in [3.8, 4) is 0 Å². The summed E-state index contributed by atoms with van der Waals surface area (Å²) in [6.07, 6.45) is 0. The summed E-state index contributed by atoms with van der Waals surface area (Å²) >= 11 is 2.95. The van der Waals surface area contributed by atoms with Crippen molar-refractivity contribution in [2.45, 2.75) is 6.92 Å². The normalized spacial score (nSPS) is 10.4. The van der Waals surface area contributed by atoms with Gasteiger partial charge in [-0.1, -0.05) is 24.3 Å². The molecule has 2 aromatic rings. The molecule has 0 aliphatic heterocycles. The summed E-state index contributed by atoms with van der Waals surface area (Å²) in [5.74, 6) is -2.38. The lowest BCUT2D eigenvalue weighted by Gasteiger charge is -2.07. The second kappa shape index (κ2) is 4.98. The average Bonchev–Trinajstić information content (AvgIpc) is 2.35. The van der Waals surface area contributed by atoms with Gasteiger partial charge in [-0.25, -0.2) is 8.78 Å². The lowest BCUT2D eigenvalue weighted by molar-refractivity contribution is 0.103. The van der Waals surface area contributed by atoms with Crippen LogP contribution in [0.25, 0.3) is 0 Å². The maximum Gasteiger partial charge on any atom is 0.199 e. The fourth-order valence-electron chi connectivity index (χ4n) is 1.70. The van der Waals surface area contributed by atoms with Crippen molar-refractivity contribution in [2.24, 2.45) is 0 Å². The molecular weight excluding hydrogens is 302 g/mol. The third kappa shape index (κ3) is 2.20. The molecule has 0 N–H and O–H groups in total. The molecule has 0 bridgehead atoms. The van der Waals surface area contributed by atoms with Crippen LogP contribution in [0.2, 0.25) is 0 Å². The Morgan fingerprint density at radius 3 is 2.44 bits per heavy atom. The van der Waals surface area contributed by atoms with Crippen LogP contribution >= 0.6 is 15.9 Å². The number of rotatable bonds is 2. The summed E-state index contributed by atoms with van der Waals surface area (Å²) in [4.78, 5) is 12.2. The van der Waals surface area contributed by atoms with E-state index in [9.17, 15) is 13.6 Å². The predicted molar refractivity (Wildman–Crippen MR) is 68.7 cm³/mol. The smallest absolute Gasteiger partial charge is 0.199 e. The minimum Gasteiger partial charge on any atom is -0.288 e. The van der Waals surface area contributed by atoms with Crippen LogP contribution < -0.4 is 0 Å². The highest BCUT2D eigenvalue weighted by atomic mass is 79.9. The zero-order valence-corrected chi connectivity index (χ0v) is 11.1. The molecule has 0 unspecified atom stereocenters. The second-order valence-electron chi connectivity index (χ2n) is 3.86. The van der Waals surface area contributed by atoms with Gasteiger partial charge in [0.1, 0.15) is 5.82 Å². The molecule has 0 amide bonds. The van der Waals surface area contributed by atoms with Gasteiger partial charge >= 0.3 is 0 Å². The highest BCUT2D eigenvalue weighted by molar-refractivity contribution is 9.10. The van der Waals surface area contributed by atoms with E-state index in [1.54, 1.807) is 31.2 Å². The Balaban J connectivity index is 2.61. The van der Waals surface area contributed by atoms with Gasteiger partial charge in [-0.15, -0.1) is 0 Å². The molecule has 0 saturated carbocycles. The molecule has 0 spiro atoms. The topological polar surface area (TPSA) is 17.1 Å². The Morgan fingerprint density at radius 2 is 1.78 bits per heavy atom. The largest absolute Gasteiger partial charge is 0.288 e. The van der Waals surface area contributed by atoms with Gasteiger partial charge in [-0.3, -0.25) is 4.79 Å². The summed E-state index contributed by atoms with van der Waals surface area (Å²) in [7, 11) is 0. The molecule has 0 radical (unpaired) electrons. The molecule has 4 heteroatoms. The number of aryl methyl sites for hydroxylation is 1. The molecule has 92 valence electrons. The summed E-state index contributed by atoms with van der Waals surface area (Å²) in [5.41, 5.74) is 0.452. The van der Waals surface area contributed by atoms with Crippen LogP contribution in [0.15, 0.2) is 40.9 Å². The molecule has 0 aromatic heterocycles. The average molecular weight is 311 g/mol. The molecule has 0 heterocycles. The highest BCUT2D eigenvalue weighted by Crippen LogP contribution is 2.24. The van der Waals surface area contributed by atoms with E-state index in [0.717, 1.165) is 6.07 Å². The minimum atomic E-state index is -0.872. The van der Waals surface area contributed by atoms with Crippen molar-refractivity contribution in [1.82, 2.24) is 0 Å². The van der Waals surface area contributed by atoms with Crippen molar-refractivity contribution in [2.75, 3.05) is 0 Å². The van der Waals surface area contributed by atoms with Crippen LogP contribution in [0.5, 0.6) is 0 Å². The summed E-state index contributed by atoms with van der Waals surface area (Å²) in [6.45, 7) is 1.72. The number of carbonyl (C=O) groups is 1. The first kappa shape index (κ1) is 12.9. The SMILES string of the molecule is Cc1ccccc1C(=O)c1c(F)ccc(Br)c1F. The van der Waals surface area contributed by atoms with E-state index in [2.05, 4.69) is 15.9 Å². The first-order valence-electron chi connectivity index (χ1n) is 5.26. The number of ketones is 1. The third-order valence-electron chi connectivity index (χ3n) is 2.66. The number of benzene rings is 2. The van der Waals surface area contributed by atoms with Crippen LogP contribution in [0.3, 0.4) is 0 Å². The Labute approximate surface area is 112 Å². The first-order valence-corrected chi connectivity index (χ1v) is 6.05. The predicted octanol–water partition coefficient (Wildman–Crippen LogP) is 4.27. The summed E-state index contributed by atoms with van der Waals surface area (Å²) < 4.78 is 27.5. The molecule has 18 heavy (non-hydrogen) atoms.